The van der Waals surface area contributed by atoms with E-state index in [4.69, 9.17) is 16.3 Å². The smallest absolute Gasteiger partial charge is 0.291 e. The van der Waals surface area contributed by atoms with Crippen LogP contribution >= 0.6 is 33.9 Å². The fourth-order valence-corrected chi connectivity index (χ4v) is 3.69. The van der Waals surface area contributed by atoms with Crippen LogP contribution in [-0.2, 0) is 16.3 Å². The summed E-state index contributed by atoms with van der Waals surface area (Å²) in [6.45, 7) is 1.97. The molecule has 1 aromatic carbocycles. The van der Waals surface area contributed by atoms with E-state index in [1.54, 1.807) is 12.1 Å². The first-order valence-corrected chi connectivity index (χ1v) is 11.1. The van der Waals surface area contributed by atoms with Gasteiger partial charge < -0.3 is 9.42 Å². The first-order chi connectivity index (χ1) is 10.2. The monoisotopic (exact) mass is 415 g/mol. The Morgan fingerprint density at radius 2 is 2.18 bits per heavy atom. The number of Topliss-reactive ketones (excluding diaryl/α,β-unsaturated/α-hetero) is 1. The van der Waals surface area contributed by atoms with Crippen molar-refractivity contribution in [3.63, 3.8) is 0 Å². The minimum Gasteiger partial charge on any atom is -0.434 e. The van der Waals surface area contributed by atoms with E-state index in [0.29, 0.717) is 11.3 Å². The van der Waals surface area contributed by atoms with Crippen LogP contribution in [0.4, 0.5) is 0 Å². The Balaban J connectivity index is 2.24. The molecule has 0 saturated heterocycles. The van der Waals surface area contributed by atoms with Crippen molar-refractivity contribution in [2.75, 3.05) is 0 Å². The summed E-state index contributed by atoms with van der Waals surface area (Å²) in [4.78, 5) is 26.0. The lowest BCUT2D eigenvalue weighted by atomic mass is 9.97. The predicted octanol–water partition coefficient (Wildman–Crippen LogP) is 4.01. The number of pyridine rings is 1. The molecule has 22 heavy (non-hydrogen) atoms. The van der Waals surface area contributed by atoms with E-state index in [1.165, 1.54) is 0 Å². The van der Waals surface area contributed by atoms with Gasteiger partial charge in [-0.3, -0.25) is 4.79 Å². The predicted molar refractivity (Wildman–Crippen MR) is 98.1 cm³/mol. The highest BCUT2D eigenvalue weighted by molar-refractivity contribution is 9.10. The average Bonchev–Trinajstić information content (AvgIpc) is 2.41. The minimum absolute atomic E-state index is 0.109. The fourth-order valence-electron chi connectivity index (χ4n) is 2.29. The first-order valence-electron chi connectivity index (χ1n) is 6.31. The zero-order valence-electron chi connectivity index (χ0n) is 11.4. The molecule has 2 aromatic rings. The lowest BCUT2D eigenvalue weighted by molar-refractivity contribution is 0.0999. The maximum absolute atomic E-state index is 12.4. The van der Waals surface area contributed by atoms with Crippen molar-refractivity contribution >= 4 is 68.1 Å². The normalized spacial score (nSPS) is 20.3. The Morgan fingerprint density at radius 3 is 2.86 bits per heavy atom. The molecule has 1 heterocycles. The van der Waals surface area contributed by atoms with Gasteiger partial charge >= 0.3 is 0 Å². The standard InChI is InChI=1S/C14H11BrNO3PS2/c1-7-2-3-8-5-9-13(16-11(8)4-7)12(19-20(18,21)22)6-10(15)14(9)17/h2-6,10H,1H3,(H2,18,21,22). The van der Waals surface area contributed by atoms with E-state index in [-0.39, 0.29) is 11.5 Å². The molecule has 0 spiro atoms. The van der Waals surface area contributed by atoms with E-state index >= 15 is 0 Å². The molecule has 0 radical (unpaired) electrons. The Hall–Kier alpha value is -0.720. The van der Waals surface area contributed by atoms with E-state index in [0.717, 1.165) is 16.5 Å². The van der Waals surface area contributed by atoms with Crippen molar-refractivity contribution in [1.29, 1.82) is 0 Å². The molecule has 1 aromatic heterocycles. The third-order valence-corrected chi connectivity index (χ3v) is 4.82. The number of halogens is 1. The number of rotatable bonds is 2. The number of carbonyl (C=O) groups excluding carboxylic acids is 1. The van der Waals surface area contributed by atoms with Crippen molar-refractivity contribution in [3.8, 4) is 0 Å². The number of thiol groups is 1. The number of carbonyl (C=O) groups is 1. The summed E-state index contributed by atoms with van der Waals surface area (Å²) in [5.41, 5.74) is -0.583. The third-order valence-electron chi connectivity index (χ3n) is 3.24. The Bertz CT molecular complexity index is 878. The van der Waals surface area contributed by atoms with E-state index in [1.807, 2.05) is 25.1 Å². The van der Waals surface area contributed by atoms with Gasteiger partial charge in [0.05, 0.1) is 10.3 Å². The summed E-state index contributed by atoms with van der Waals surface area (Å²) >= 11 is 12.0. The second kappa shape index (κ2) is 5.73. The number of ketones is 1. The molecular weight excluding hydrogens is 405 g/mol. The van der Waals surface area contributed by atoms with E-state index in [2.05, 4.69) is 33.2 Å². The molecule has 4 nitrogen and oxygen atoms in total. The van der Waals surface area contributed by atoms with Gasteiger partial charge in [0.25, 0.3) is 5.69 Å². The number of fused-ring (bicyclic) bond motifs is 2. The third kappa shape index (κ3) is 3.14. The second-order valence-electron chi connectivity index (χ2n) is 4.96. The van der Waals surface area contributed by atoms with Gasteiger partial charge in [0, 0.05) is 10.9 Å². The van der Waals surface area contributed by atoms with Gasteiger partial charge in [-0.2, -0.15) is 0 Å². The summed E-state index contributed by atoms with van der Waals surface area (Å²) in [6, 6.07) is 7.59. The molecule has 114 valence electrons. The first kappa shape index (κ1) is 16.1. The van der Waals surface area contributed by atoms with Crippen LogP contribution in [0, 0.1) is 6.92 Å². The molecule has 0 amide bonds. The topological polar surface area (TPSA) is 59.4 Å². The van der Waals surface area contributed by atoms with Gasteiger partial charge in [0.15, 0.2) is 11.5 Å². The highest BCUT2D eigenvalue weighted by atomic mass is 79.9. The maximum atomic E-state index is 12.4. The van der Waals surface area contributed by atoms with Crippen molar-refractivity contribution in [2.24, 2.45) is 0 Å². The Morgan fingerprint density at radius 1 is 1.45 bits per heavy atom. The molecule has 3 rings (SSSR count). The molecule has 2 unspecified atom stereocenters. The Kier molecular flexibility index (Phi) is 4.20. The molecular formula is C14H11BrNO3PS2. The van der Waals surface area contributed by atoms with E-state index < -0.39 is 10.5 Å². The highest BCUT2D eigenvalue weighted by Gasteiger charge is 2.30. The summed E-state index contributed by atoms with van der Waals surface area (Å²) in [6.07, 6.45) is 1.55. The SMILES string of the molecule is Cc1ccc2cc3c(nc2c1)C(OP(O)(=S)S)=CC(Br)C3=O. The molecule has 1 aliphatic rings. The summed E-state index contributed by atoms with van der Waals surface area (Å²) in [5.74, 6) is 0.170. The number of aromatic nitrogens is 1. The van der Waals surface area contributed by atoms with Crippen LogP contribution in [0.3, 0.4) is 0 Å². The molecule has 1 N–H and O–H groups in total. The van der Waals surface area contributed by atoms with Gasteiger partial charge in [-0.05, 0) is 42.5 Å². The molecule has 1 aliphatic carbocycles. The van der Waals surface area contributed by atoms with Gasteiger partial charge in [-0.1, -0.05) is 40.3 Å². The lowest BCUT2D eigenvalue weighted by Gasteiger charge is -2.22. The van der Waals surface area contributed by atoms with Crippen molar-refractivity contribution in [3.05, 3.63) is 47.2 Å². The van der Waals surface area contributed by atoms with Crippen LogP contribution in [0.2, 0.25) is 0 Å². The van der Waals surface area contributed by atoms with Crippen LogP contribution in [0.5, 0.6) is 0 Å². The molecule has 0 saturated carbocycles. The van der Waals surface area contributed by atoms with Gasteiger partial charge in [0.1, 0.15) is 5.69 Å². The van der Waals surface area contributed by atoms with Crippen LogP contribution < -0.4 is 0 Å². The molecule has 0 fully saturated rings. The van der Waals surface area contributed by atoms with Crippen LogP contribution in [0.1, 0.15) is 21.6 Å². The van der Waals surface area contributed by atoms with Crippen LogP contribution in [0.15, 0.2) is 30.3 Å². The van der Waals surface area contributed by atoms with Crippen molar-refractivity contribution < 1.29 is 14.2 Å². The number of benzene rings is 1. The van der Waals surface area contributed by atoms with Gasteiger partial charge in [-0.15, -0.1) is 0 Å². The number of alkyl halides is 1. The maximum Gasteiger partial charge on any atom is 0.291 e. The zero-order valence-corrected chi connectivity index (χ0v) is 15.5. The lowest BCUT2D eigenvalue weighted by Crippen LogP contribution is -2.20. The largest absolute Gasteiger partial charge is 0.434 e. The van der Waals surface area contributed by atoms with Crippen LogP contribution in [-0.4, -0.2) is 20.5 Å². The summed E-state index contributed by atoms with van der Waals surface area (Å²) < 4.78 is 5.37. The molecule has 0 aliphatic heterocycles. The zero-order chi connectivity index (χ0) is 16.1. The molecule has 0 bridgehead atoms. The van der Waals surface area contributed by atoms with E-state index in [9.17, 15) is 9.69 Å². The molecule has 8 heteroatoms. The number of nitrogens with zero attached hydrogens (tertiary/aromatic N) is 1. The van der Waals surface area contributed by atoms with Gasteiger partial charge in [0.2, 0.25) is 0 Å². The molecule has 2 atom stereocenters. The second-order valence-corrected chi connectivity index (χ2v) is 11.0. The van der Waals surface area contributed by atoms with Gasteiger partial charge in [-0.25, -0.2) is 4.98 Å². The van der Waals surface area contributed by atoms with Crippen LogP contribution in [0.25, 0.3) is 16.7 Å². The number of aryl methyl sites for hydroxylation is 1. The quantitative estimate of drug-likeness (QED) is 0.440. The summed E-state index contributed by atoms with van der Waals surface area (Å²) in [7, 11) is 0. The number of allylic oxidation sites excluding steroid dienone is 1. The number of hydrogen-bond acceptors (Lipinski definition) is 4. The van der Waals surface area contributed by atoms with Crippen molar-refractivity contribution in [2.45, 2.75) is 11.8 Å². The van der Waals surface area contributed by atoms with Crippen molar-refractivity contribution in [1.82, 2.24) is 4.98 Å². The fraction of sp³-hybridized carbons (Fsp3) is 0.143. The Labute approximate surface area is 146 Å². The average molecular weight is 416 g/mol. The number of hydrogen-bond donors (Lipinski definition) is 2. The summed E-state index contributed by atoms with van der Waals surface area (Å²) in [5, 5.41) is 0.868. The highest BCUT2D eigenvalue weighted by Crippen LogP contribution is 2.52. The minimum atomic E-state index is -3.22.